The molecule has 0 aliphatic carbocycles. The van der Waals surface area contributed by atoms with Gasteiger partial charge in [0.05, 0.1) is 24.5 Å². The lowest BCUT2D eigenvalue weighted by atomic mass is 9.91. The minimum Gasteiger partial charge on any atom is -0.323 e. The number of H-pyrrole nitrogens is 2. The van der Waals surface area contributed by atoms with E-state index in [1.165, 1.54) is 24.3 Å². The van der Waals surface area contributed by atoms with Crippen LogP contribution in [-0.2, 0) is 46.4 Å². The minimum absolute atomic E-state index is 0.0575. The minimum atomic E-state index is -1.38. The number of benzene rings is 3. The Morgan fingerprint density at radius 2 is 0.875 bits per heavy atom. The van der Waals surface area contributed by atoms with E-state index in [1.54, 1.807) is 46.2 Å². The highest BCUT2D eigenvalue weighted by molar-refractivity contribution is 5.98. The fourth-order valence-electron chi connectivity index (χ4n) is 14.3. The molecule has 22 heteroatoms. The summed E-state index contributed by atoms with van der Waals surface area (Å²) >= 11 is 0. The third-order valence-electron chi connectivity index (χ3n) is 19.4. The van der Waals surface area contributed by atoms with Crippen LogP contribution >= 0.6 is 0 Å². The molecule has 3 aromatic carbocycles. The summed E-state index contributed by atoms with van der Waals surface area (Å²) in [6.07, 6.45) is 0.558. The Morgan fingerprint density at radius 3 is 1.23 bits per heavy atom. The summed E-state index contributed by atoms with van der Waals surface area (Å²) in [4.78, 5) is 77.7. The number of carbonyl (C=O) groups excluding carboxylic acids is 2. The van der Waals surface area contributed by atoms with Gasteiger partial charge in [-0.1, -0.05) is 52.0 Å². The van der Waals surface area contributed by atoms with Crippen LogP contribution in [0, 0.1) is 34.9 Å². The van der Waals surface area contributed by atoms with Gasteiger partial charge in [0.2, 0.25) is 11.8 Å². The van der Waals surface area contributed by atoms with Gasteiger partial charge in [0.25, 0.3) is 11.1 Å². The zero-order valence-corrected chi connectivity index (χ0v) is 51.9. The van der Waals surface area contributed by atoms with Crippen LogP contribution < -0.4 is 31.6 Å². The fraction of sp³-hybridized carbons (Fsp3) is 0.545. The molecule has 6 aliphatic heterocycles. The average Bonchev–Trinajstić information content (AvgIpc) is 1.69. The maximum Gasteiger partial charge on any atom is 0.251 e. The second kappa shape index (κ2) is 25.6. The zero-order valence-electron chi connectivity index (χ0n) is 51.9. The number of hydrogen-bond acceptors (Lipinski definition) is 12. The van der Waals surface area contributed by atoms with Crippen LogP contribution in [0.4, 0.5) is 37.7 Å². The standard InChI is InChI=1S/C66H84F6N12O4/c1-39-27-81(35-55(85)83-37-65(5,6)61-53(83)23-45(63(87)75-61)21-43-9-13-47(67)14-10-43)49(25-73-39)31-79-19-17-77(29-41(79)3)33-51-57(69)59(71)52(60(72)58(51)70)34-78-18-20-80(42(4)30-78)32-50-26-74-40(2)28-82(50)36-56(86)84-38-66(7,8)62-54(84)24-46(64(88)76-62)22-44-11-15-48(68)16-12-44/h9-16,23-24,39-42,49-50,73-74H,17-22,25-38H2,1-8H3,(H,75,87)(H,76,88)/t39-,40-,41-,42-,49-,50-/m1/s1. The molecule has 6 aliphatic rings. The van der Waals surface area contributed by atoms with E-state index in [0.717, 1.165) is 11.1 Å². The molecule has 6 atom stereocenters. The fourth-order valence-corrected chi connectivity index (χ4v) is 14.3. The van der Waals surface area contributed by atoms with E-state index < -0.39 is 45.2 Å². The first-order chi connectivity index (χ1) is 41.8. The van der Waals surface area contributed by atoms with Gasteiger partial charge in [0.1, 0.15) is 11.6 Å². The van der Waals surface area contributed by atoms with Crippen molar-refractivity contribution >= 4 is 23.2 Å². The average molecular weight is 1220 g/mol. The van der Waals surface area contributed by atoms with E-state index in [0.29, 0.717) is 126 Å². The van der Waals surface area contributed by atoms with E-state index in [4.69, 9.17) is 0 Å². The summed E-state index contributed by atoms with van der Waals surface area (Å²) in [5.41, 5.74) is 2.46. The second-order valence-electron chi connectivity index (χ2n) is 27.3. The molecule has 4 saturated heterocycles. The smallest absolute Gasteiger partial charge is 0.251 e. The number of nitrogens with zero attached hydrogens (tertiary/aromatic N) is 8. The molecule has 0 radical (unpaired) electrons. The number of rotatable bonds is 16. The lowest BCUT2D eigenvalue weighted by molar-refractivity contribution is -0.121. The molecule has 474 valence electrons. The lowest BCUT2D eigenvalue weighted by Gasteiger charge is -2.46. The van der Waals surface area contributed by atoms with Crippen molar-refractivity contribution in [1.29, 1.82) is 0 Å². The van der Waals surface area contributed by atoms with E-state index in [9.17, 15) is 28.0 Å². The molecule has 8 heterocycles. The zero-order chi connectivity index (χ0) is 62.7. The topological polar surface area (TPSA) is 150 Å². The molecule has 2 amide bonds. The Bertz CT molecular complexity index is 3270. The third kappa shape index (κ3) is 13.5. The molecular formula is C66H84F6N12O4. The predicted octanol–water partition coefficient (Wildman–Crippen LogP) is 6.07. The van der Waals surface area contributed by atoms with Gasteiger partial charge in [-0.15, -0.1) is 0 Å². The van der Waals surface area contributed by atoms with E-state index >= 15 is 17.6 Å². The van der Waals surface area contributed by atoms with Crippen LogP contribution in [0.3, 0.4) is 0 Å². The van der Waals surface area contributed by atoms with Gasteiger partial charge >= 0.3 is 0 Å². The van der Waals surface area contributed by atoms with Gasteiger partial charge in [0, 0.05) is 198 Å². The normalized spacial score (nSPS) is 24.7. The van der Waals surface area contributed by atoms with Crippen LogP contribution in [0.1, 0.15) is 100 Å². The third-order valence-corrected chi connectivity index (χ3v) is 19.4. The molecule has 0 unspecified atom stereocenters. The maximum atomic E-state index is 16.2. The number of pyridine rings is 2. The molecule has 0 bridgehead atoms. The molecule has 4 N–H and O–H groups in total. The van der Waals surface area contributed by atoms with Crippen LogP contribution in [0.25, 0.3) is 0 Å². The van der Waals surface area contributed by atoms with Gasteiger partial charge in [-0.05, 0) is 75.2 Å². The molecule has 4 fully saturated rings. The number of aromatic nitrogens is 2. The summed E-state index contributed by atoms with van der Waals surface area (Å²) in [6.45, 7) is 22.9. The number of anilines is 2. The van der Waals surface area contributed by atoms with Gasteiger partial charge in [-0.25, -0.2) is 26.3 Å². The van der Waals surface area contributed by atoms with Crippen molar-refractivity contribution in [2.45, 2.75) is 128 Å². The number of carbonyl (C=O) groups is 2. The van der Waals surface area contributed by atoms with Crippen molar-refractivity contribution in [3.63, 3.8) is 0 Å². The van der Waals surface area contributed by atoms with Crippen LogP contribution in [0.2, 0.25) is 0 Å². The Balaban J connectivity index is 0.681. The van der Waals surface area contributed by atoms with Crippen molar-refractivity contribution in [3.8, 4) is 0 Å². The van der Waals surface area contributed by atoms with Crippen molar-refractivity contribution in [1.82, 2.24) is 50.0 Å². The van der Waals surface area contributed by atoms with Crippen molar-refractivity contribution in [2.24, 2.45) is 0 Å². The molecule has 0 saturated carbocycles. The monoisotopic (exact) mass is 1220 g/mol. The van der Waals surface area contributed by atoms with E-state index in [1.807, 2.05) is 51.3 Å². The van der Waals surface area contributed by atoms with Gasteiger partial charge in [0.15, 0.2) is 23.3 Å². The highest BCUT2D eigenvalue weighted by atomic mass is 19.2. The molecule has 88 heavy (non-hydrogen) atoms. The summed E-state index contributed by atoms with van der Waals surface area (Å²) in [6, 6.07) is 15.5. The van der Waals surface area contributed by atoms with Crippen molar-refractivity contribution in [2.75, 3.05) is 115 Å². The van der Waals surface area contributed by atoms with Gasteiger partial charge in [-0.2, -0.15) is 0 Å². The van der Waals surface area contributed by atoms with Crippen LogP contribution in [0.5, 0.6) is 0 Å². The number of aromatic amines is 2. The Hall–Kier alpha value is -6.24. The van der Waals surface area contributed by atoms with Gasteiger partial charge < -0.3 is 30.4 Å². The number of fused-ring (bicyclic) bond motifs is 2. The Kier molecular flexibility index (Phi) is 18.4. The molecule has 0 spiro atoms. The maximum absolute atomic E-state index is 16.2. The number of halogens is 6. The highest BCUT2D eigenvalue weighted by Crippen LogP contribution is 2.41. The number of piperazine rings is 4. The number of nitrogens with one attached hydrogen (secondary N) is 4. The number of amides is 2. The Morgan fingerprint density at radius 1 is 0.511 bits per heavy atom. The van der Waals surface area contributed by atoms with Crippen molar-refractivity contribution < 1.29 is 35.9 Å². The molecule has 2 aromatic heterocycles. The summed E-state index contributed by atoms with van der Waals surface area (Å²) in [7, 11) is 0. The quantitative estimate of drug-likeness (QED) is 0.0672. The lowest BCUT2D eigenvalue weighted by Crippen LogP contribution is -2.63. The first-order valence-corrected chi connectivity index (χ1v) is 31.1. The molecular weight excluding hydrogens is 1140 g/mol. The summed E-state index contributed by atoms with van der Waals surface area (Å²) < 4.78 is 92.0. The highest BCUT2D eigenvalue weighted by Gasteiger charge is 2.44. The van der Waals surface area contributed by atoms with E-state index in [-0.39, 0.29) is 110 Å². The molecule has 11 rings (SSSR count). The molecule has 16 nitrogen and oxygen atoms in total. The largest absolute Gasteiger partial charge is 0.323 e. The Labute approximate surface area is 511 Å². The van der Waals surface area contributed by atoms with Crippen molar-refractivity contribution in [3.05, 3.63) is 161 Å². The van der Waals surface area contributed by atoms with E-state index in [2.05, 4.69) is 54.0 Å². The molecule has 5 aromatic rings. The van der Waals surface area contributed by atoms with Crippen LogP contribution in [-0.4, -0.2) is 192 Å². The van der Waals surface area contributed by atoms with Crippen LogP contribution in [0.15, 0.2) is 70.3 Å². The predicted molar refractivity (Wildman–Crippen MR) is 328 cm³/mol. The summed E-state index contributed by atoms with van der Waals surface area (Å²) in [5.74, 6) is -6.45. The van der Waals surface area contributed by atoms with Gasteiger partial charge in [-0.3, -0.25) is 48.6 Å². The first kappa shape index (κ1) is 63.3. The SMILES string of the molecule is C[C@@H]1CN(CC(=O)N2CC(C)(C)c3[nH]c(=O)c(Cc4ccc(F)cc4)cc32)[C@@H](CN2CCN(Cc3c(F)c(F)c(CN4CCN(C[C@H]5CN[C@H](C)CN5CC(=O)N5CC(C)(C)c6[nH]c(=O)c(Cc7ccc(F)cc7)cc65)[C@H](C)C4)c(F)c3F)C[C@H]2C)CN1. The first-order valence-electron chi connectivity index (χ1n) is 31.1. The summed E-state index contributed by atoms with van der Waals surface area (Å²) in [5, 5.41) is 7.13. The number of hydrogen-bond donors (Lipinski definition) is 4. The second-order valence-corrected chi connectivity index (χ2v) is 27.3.